The maximum atomic E-state index is 13.1. The van der Waals surface area contributed by atoms with Gasteiger partial charge in [0.15, 0.2) is 0 Å². The fraction of sp³-hybridized carbons (Fsp3) is 0.154. The number of rotatable bonds is 7. The molecule has 0 radical (unpaired) electrons. The summed E-state index contributed by atoms with van der Waals surface area (Å²) < 4.78 is 5.41. The van der Waals surface area contributed by atoms with Crippen LogP contribution in [0.2, 0.25) is 0 Å². The summed E-state index contributed by atoms with van der Waals surface area (Å²) in [5, 5.41) is 1.56. The normalized spacial score (nSPS) is 12.9. The zero-order valence-electron chi connectivity index (χ0n) is 17.8. The molecule has 0 unspecified atom stereocenters. The van der Waals surface area contributed by atoms with Crippen molar-refractivity contribution in [3.63, 3.8) is 0 Å². The van der Waals surface area contributed by atoms with Crippen LogP contribution in [-0.4, -0.2) is 34.2 Å². The number of furan rings is 1. The Bertz CT molecular complexity index is 1280. The molecule has 0 aliphatic carbocycles. The Morgan fingerprint density at radius 1 is 0.909 bits per heavy atom. The Hall–Kier alpha value is -4.26. The number of benzene rings is 2. The first-order valence-electron chi connectivity index (χ1n) is 10.8. The molecule has 0 bridgehead atoms. The van der Waals surface area contributed by atoms with Crippen molar-refractivity contribution in [2.24, 2.45) is 0 Å². The van der Waals surface area contributed by atoms with Gasteiger partial charge in [0.1, 0.15) is 11.6 Å². The van der Waals surface area contributed by atoms with Crippen LogP contribution in [0, 0.1) is 0 Å². The van der Waals surface area contributed by atoms with Gasteiger partial charge in [-0.2, -0.15) is 0 Å². The first kappa shape index (κ1) is 20.6. The predicted molar refractivity (Wildman–Crippen MR) is 123 cm³/mol. The third-order valence-electron chi connectivity index (χ3n) is 5.75. The molecule has 0 saturated heterocycles. The molecule has 164 valence electrons. The van der Waals surface area contributed by atoms with Gasteiger partial charge >= 0.3 is 0 Å². The summed E-state index contributed by atoms with van der Waals surface area (Å²) in [6, 6.07) is 19.8. The van der Waals surface area contributed by atoms with Gasteiger partial charge in [0.25, 0.3) is 11.8 Å². The first-order chi connectivity index (χ1) is 16.1. The molecule has 0 N–H and O–H groups in total. The van der Waals surface area contributed by atoms with Crippen LogP contribution in [0.25, 0.3) is 10.8 Å². The Morgan fingerprint density at radius 3 is 2.30 bits per heavy atom. The van der Waals surface area contributed by atoms with Crippen molar-refractivity contribution in [3.8, 4) is 0 Å². The minimum atomic E-state index is -0.325. The lowest BCUT2D eigenvalue weighted by Crippen LogP contribution is -2.41. The molecule has 7 nitrogen and oxygen atoms in total. The van der Waals surface area contributed by atoms with E-state index in [0.29, 0.717) is 34.5 Å². The van der Waals surface area contributed by atoms with Crippen LogP contribution in [-0.2, 0) is 11.3 Å². The summed E-state index contributed by atoms with van der Waals surface area (Å²) in [5.41, 5.74) is 1.03. The van der Waals surface area contributed by atoms with E-state index >= 15 is 0 Å². The van der Waals surface area contributed by atoms with Gasteiger partial charge in [-0.1, -0.05) is 30.3 Å². The van der Waals surface area contributed by atoms with E-state index in [-0.39, 0.29) is 37.2 Å². The summed E-state index contributed by atoms with van der Waals surface area (Å²) in [5.74, 6) is 0.345. The largest absolute Gasteiger partial charge is 0.467 e. The van der Waals surface area contributed by atoms with Crippen LogP contribution in [0.3, 0.4) is 0 Å². The summed E-state index contributed by atoms with van der Waals surface area (Å²) in [6.07, 6.45) is 3.68. The highest BCUT2D eigenvalue weighted by Gasteiger charge is 2.32. The quantitative estimate of drug-likeness (QED) is 0.398. The van der Waals surface area contributed by atoms with Crippen LogP contribution in [0.15, 0.2) is 83.6 Å². The minimum absolute atomic E-state index is 0.153. The van der Waals surface area contributed by atoms with Crippen LogP contribution in [0.4, 0.5) is 5.82 Å². The summed E-state index contributed by atoms with van der Waals surface area (Å²) >= 11 is 0. The lowest BCUT2D eigenvalue weighted by atomic mass is 9.94. The van der Waals surface area contributed by atoms with E-state index in [2.05, 4.69) is 4.98 Å². The molecule has 2 aromatic heterocycles. The van der Waals surface area contributed by atoms with Crippen LogP contribution in [0.5, 0.6) is 0 Å². The van der Waals surface area contributed by atoms with E-state index in [4.69, 9.17) is 4.42 Å². The van der Waals surface area contributed by atoms with E-state index in [1.807, 2.05) is 30.3 Å². The van der Waals surface area contributed by atoms with Crippen LogP contribution in [0.1, 0.15) is 39.3 Å². The number of nitrogens with zero attached hydrogens (tertiary/aromatic N) is 3. The average Bonchev–Trinajstić information content (AvgIpc) is 3.37. The van der Waals surface area contributed by atoms with Gasteiger partial charge in [0, 0.05) is 35.7 Å². The molecule has 0 saturated carbocycles. The van der Waals surface area contributed by atoms with Crippen molar-refractivity contribution in [2.75, 3.05) is 11.4 Å². The number of hydrogen-bond acceptors (Lipinski definition) is 5. The van der Waals surface area contributed by atoms with Gasteiger partial charge in [-0.05, 0) is 48.2 Å². The van der Waals surface area contributed by atoms with E-state index in [1.54, 1.807) is 53.8 Å². The molecular formula is C26H21N3O4. The molecule has 3 heterocycles. The third-order valence-corrected chi connectivity index (χ3v) is 5.75. The second-order valence-electron chi connectivity index (χ2n) is 7.82. The maximum Gasteiger partial charge on any atom is 0.261 e. The van der Waals surface area contributed by atoms with Gasteiger partial charge < -0.3 is 4.42 Å². The fourth-order valence-electron chi connectivity index (χ4n) is 4.18. The monoisotopic (exact) mass is 439 g/mol. The van der Waals surface area contributed by atoms with Crippen LogP contribution < -0.4 is 4.90 Å². The average molecular weight is 439 g/mol. The second kappa shape index (κ2) is 8.70. The molecule has 5 rings (SSSR count). The molecule has 0 fully saturated rings. The highest BCUT2D eigenvalue weighted by molar-refractivity contribution is 6.25. The number of carbonyl (C=O) groups is 3. The number of imide groups is 1. The SMILES string of the molecule is O=C1c2cccc3cccc(c23)C(=O)N1CCCC(=O)N(Cc1ccco1)c1ccccn1. The zero-order valence-corrected chi connectivity index (χ0v) is 17.8. The van der Waals surface area contributed by atoms with E-state index < -0.39 is 0 Å². The van der Waals surface area contributed by atoms with Crippen molar-refractivity contribution in [1.29, 1.82) is 0 Å². The van der Waals surface area contributed by atoms with Crippen molar-refractivity contribution in [3.05, 3.63) is 96.1 Å². The van der Waals surface area contributed by atoms with Crippen molar-refractivity contribution < 1.29 is 18.8 Å². The van der Waals surface area contributed by atoms with Gasteiger partial charge in [-0.3, -0.25) is 24.2 Å². The van der Waals surface area contributed by atoms with Gasteiger partial charge in [0.05, 0.1) is 12.8 Å². The summed E-state index contributed by atoms with van der Waals surface area (Å²) in [6.45, 7) is 0.407. The van der Waals surface area contributed by atoms with Crippen molar-refractivity contribution in [2.45, 2.75) is 19.4 Å². The van der Waals surface area contributed by atoms with Crippen LogP contribution >= 0.6 is 0 Å². The summed E-state index contributed by atoms with van der Waals surface area (Å²) in [4.78, 5) is 46.3. The molecule has 3 amide bonds. The van der Waals surface area contributed by atoms with E-state index in [1.165, 1.54) is 4.90 Å². The summed E-state index contributed by atoms with van der Waals surface area (Å²) in [7, 11) is 0. The number of pyridine rings is 1. The Balaban J connectivity index is 1.31. The molecular weight excluding hydrogens is 418 g/mol. The number of hydrogen-bond donors (Lipinski definition) is 0. The molecule has 2 aromatic carbocycles. The molecule has 1 aliphatic rings. The Kier molecular flexibility index (Phi) is 5.44. The van der Waals surface area contributed by atoms with Gasteiger partial charge in [0.2, 0.25) is 5.91 Å². The van der Waals surface area contributed by atoms with Crippen molar-refractivity contribution >= 4 is 34.3 Å². The smallest absolute Gasteiger partial charge is 0.261 e. The Labute approximate surface area is 190 Å². The topological polar surface area (TPSA) is 83.7 Å². The predicted octanol–water partition coefficient (Wildman–Crippen LogP) is 4.44. The fourth-order valence-corrected chi connectivity index (χ4v) is 4.18. The van der Waals surface area contributed by atoms with E-state index in [9.17, 15) is 14.4 Å². The molecule has 0 atom stereocenters. The molecule has 1 aliphatic heterocycles. The highest BCUT2D eigenvalue weighted by atomic mass is 16.3. The Morgan fingerprint density at radius 2 is 1.67 bits per heavy atom. The number of carbonyl (C=O) groups excluding carboxylic acids is 3. The minimum Gasteiger partial charge on any atom is -0.467 e. The molecule has 4 aromatic rings. The number of aromatic nitrogens is 1. The molecule has 7 heteroatoms. The van der Waals surface area contributed by atoms with Gasteiger partial charge in [-0.15, -0.1) is 0 Å². The standard InChI is InChI=1S/C26H21N3O4/c30-23(29(17-19-9-6-16-33-19)22-12-1-2-14-27-22)13-5-15-28-25(31)20-10-3-7-18-8-4-11-21(24(18)20)26(28)32/h1-4,6-12,14,16H,5,13,15,17H2. The third kappa shape index (κ3) is 3.89. The molecule has 0 spiro atoms. The maximum absolute atomic E-state index is 13.1. The lowest BCUT2D eigenvalue weighted by molar-refractivity contribution is -0.119. The first-order valence-corrected chi connectivity index (χ1v) is 10.8. The molecule has 33 heavy (non-hydrogen) atoms. The number of amides is 3. The highest BCUT2D eigenvalue weighted by Crippen LogP contribution is 2.30. The lowest BCUT2D eigenvalue weighted by Gasteiger charge is -2.27. The van der Waals surface area contributed by atoms with E-state index in [0.717, 1.165) is 5.39 Å². The zero-order chi connectivity index (χ0) is 22.8. The van der Waals surface area contributed by atoms with Crippen molar-refractivity contribution in [1.82, 2.24) is 9.88 Å². The number of anilines is 1. The second-order valence-corrected chi connectivity index (χ2v) is 7.82. The van der Waals surface area contributed by atoms with Gasteiger partial charge in [-0.25, -0.2) is 4.98 Å².